The highest BCUT2D eigenvalue weighted by Crippen LogP contribution is 2.29. The van der Waals surface area contributed by atoms with E-state index < -0.39 is 0 Å². The average Bonchev–Trinajstić information content (AvgIpc) is 3.24. The monoisotopic (exact) mass is 367 g/mol. The number of nitrogens with zero attached hydrogens (tertiary/aromatic N) is 7. The van der Waals surface area contributed by atoms with Gasteiger partial charge in [-0.3, -0.25) is 4.79 Å². The van der Waals surface area contributed by atoms with Crippen LogP contribution < -0.4 is 4.74 Å². The number of hydrogen-bond acceptors (Lipinski definition) is 6. The Kier molecular flexibility index (Phi) is 4.35. The maximum absolute atomic E-state index is 13.2. The van der Waals surface area contributed by atoms with Crippen molar-refractivity contribution in [3.8, 4) is 6.01 Å². The molecule has 0 saturated heterocycles. The largest absolute Gasteiger partial charge is 0.467 e. The molecule has 1 aliphatic heterocycles. The molecule has 1 aliphatic rings. The summed E-state index contributed by atoms with van der Waals surface area (Å²) in [5.74, 6) is 1.38. The van der Waals surface area contributed by atoms with E-state index in [4.69, 9.17) is 4.74 Å². The summed E-state index contributed by atoms with van der Waals surface area (Å²) in [7, 11) is 3.20. The van der Waals surface area contributed by atoms with Crippen LogP contribution in [-0.4, -0.2) is 54.0 Å². The summed E-state index contributed by atoms with van der Waals surface area (Å²) in [6, 6.07) is 10.1. The third-order valence-corrected chi connectivity index (χ3v) is 4.66. The van der Waals surface area contributed by atoms with E-state index in [1.165, 1.54) is 11.8 Å². The Bertz CT molecular complexity index is 964. The Morgan fingerprint density at radius 3 is 2.67 bits per heavy atom. The van der Waals surface area contributed by atoms with E-state index >= 15 is 0 Å². The van der Waals surface area contributed by atoms with Crippen LogP contribution in [0.4, 0.5) is 0 Å². The van der Waals surface area contributed by atoms with Crippen molar-refractivity contribution >= 4 is 5.91 Å². The molecule has 1 amide bonds. The molecule has 0 unspecified atom stereocenters. The van der Waals surface area contributed by atoms with Crippen LogP contribution in [0.25, 0.3) is 0 Å². The van der Waals surface area contributed by atoms with Crippen LogP contribution >= 0.6 is 0 Å². The van der Waals surface area contributed by atoms with Crippen LogP contribution in [0.5, 0.6) is 6.01 Å². The van der Waals surface area contributed by atoms with E-state index in [9.17, 15) is 4.79 Å². The van der Waals surface area contributed by atoms with Crippen molar-refractivity contribution in [2.45, 2.75) is 25.9 Å². The van der Waals surface area contributed by atoms with E-state index in [1.807, 2.05) is 41.9 Å². The molecule has 140 valence electrons. The SMILES string of the molecule is COc1nc(C(=O)N2CCn3nc(C)nc3[C@@H]2Cc2ccccc2)nn1C. The van der Waals surface area contributed by atoms with Crippen molar-refractivity contribution in [3.05, 3.63) is 53.4 Å². The summed E-state index contributed by atoms with van der Waals surface area (Å²) in [6.45, 7) is 2.98. The molecule has 1 aromatic carbocycles. The van der Waals surface area contributed by atoms with Crippen molar-refractivity contribution in [1.29, 1.82) is 0 Å². The molecule has 9 nitrogen and oxygen atoms in total. The van der Waals surface area contributed by atoms with E-state index in [2.05, 4.69) is 20.2 Å². The molecule has 2 aromatic heterocycles. The molecule has 1 atom stereocenters. The number of ether oxygens (including phenoxy) is 1. The zero-order valence-electron chi connectivity index (χ0n) is 15.5. The van der Waals surface area contributed by atoms with E-state index in [-0.39, 0.29) is 17.8 Å². The lowest BCUT2D eigenvalue weighted by atomic mass is 10.0. The van der Waals surface area contributed by atoms with Gasteiger partial charge in [-0.2, -0.15) is 10.1 Å². The van der Waals surface area contributed by atoms with Gasteiger partial charge in [0.25, 0.3) is 5.91 Å². The first-order chi connectivity index (χ1) is 13.1. The van der Waals surface area contributed by atoms with Gasteiger partial charge in [0.1, 0.15) is 11.6 Å². The molecular formula is C18H21N7O2. The summed E-state index contributed by atoms with van der Waals surface area (Å²) in [5, 5.41) is 8.66. The number of fused-ring (bicyclic) bond motifs is 1. The Labute approximate surface area is 156 Å². The minimum absolute atomic E-state index is 0.122. The van der Waals surface area contributed by atoms with Crippen molar-refractivity contribution in [2.75, 3.05) is 13.7 Å². The van der Waals surface area contributed by atoms with Gasteiger partial charge in [0.05, 0.1) is 19.7 Å². The van der Waals surface area contributed by atoms with Crippen molar-refractivity contribution in [3.63, 3.8) is 0 Å². The number of carbonyl (C=O) groups is 1. The van der Waals surface area contributed by atoms with Gasteiger partial charge in [-0.25, -0.2) is 14.3 Å². The maximum atomic E-state index is 13.2. The molecule has 0 spiro atoms. The summed E-state index contributed by atoms with van der Waals surface area (Å²) < 4.78 is 8.48. The van der Waals surface area contributed by atoms with Gasteiger partial charge in [-0.15, -0.1) is 5.10 Å². The summed E-state index contributed by atoms with van der Waals surface area (Å²) in [4.78, 5) is 23.7. The quantitative estimate of drug-likeness (QED) is 0.687. The first kappa shape index (κ1) is 17.2. The fraction of sp³-hybridized carbons (Fsp3) is 0.389. The zero-order valence-corrected chi connectivity index (χ0v) is 15.5. The highest BCUT2D eigenvalue weighted by Gasteiger charge is 2.35. The molecule has 3 aromatic rings. The normalized spacial score (nSPS) is 16.3. The van der Waals surface area contributed by atoms with Gasteiger partial charge in [0, 0.05) is 20.0 Å². The molecule has 0 fully saturated rings. The average molecular weight is 367 g/mol. The van der Waals surface area contributed by atoms with E-state index in [0.717, 1.165) is 11.4 Å². The number of aromatic nitrogens is 6. The van der Waals surface area contributed by atoms with Crippen LogP contribution in [-0.2, 0) is 20.0 Å². The van der Waals surface area contributed by atoms with Gasteiger partial charge in [0.2, 0.25) is 5.82 Å². The Morgan fingerprint density at radius 1 is 1.19 bits per heavy atom. The highest BCUT2D eigenvalue weighted by molar-refractivity contribution is 5.91. The third-order valence-electron chi connectivity index (χ3n) is 4.66. The Hall–Kier alpha value is -3.23. The predicted molar refractivity (Wildman–Crippen MR) is 96.2 cm³/mol. The molecule has 3 heterocycles. The lowest BCUT2D eigenvalue weighted by Gasteiger charge is -2.34. The van der Waals surface area contributed by atoms with Crippen LogP contribution in [0.2, 0.25) is 0 Å². The number of benzene rings is 1. The first-order valence-corrected chi connectivity index (χ1v) is 8.78. The number of rotatable bonds is 4. The van der Waals surface area contributed by atoms with E-state index in [1.54, 1.807) is 11.9 Å². The van der Waals surface area contributed by atoms with Gasteiger partial charge in [-0.1, -0.05) is 30.3 Å². The molecular weight excluding hydrogens is 346 g/mol. The third kappa shape index (κ3) is 3.16. The number of aryl methyl sites for hydroxylation is 2. The smallest absolute Gasteiger partial charge is 0.314 e. The molecule has 0 aliphatic carbocycles. The summed E-state index contributed by atoms with van der Waals surface area (Å²) in [6.07, 6.45) is 0.648. The fourth-order valence-electron chi connectivity index (χ4n) is 3.43. The second-order valence-electron chi connectivity index (χ2n) is 6.49. The maximum Gasteiger partial charge on any atom is 0.314 e. The molecule has 27 heavy (non-hydrogen) atoms. The number of hydrogen-bond donors (Lipinski definition) is 0. The number of amides is 1. The Balaban J connectivity index is 1.70. The minimum atomic E-state index is -0.235. The molecule has 4 rings (SSSR count). The second-order valence-corrected chi connectivity index (χ2v) is 6.49. The summed E-state index contributed by atoms with van der Waals surface area (Å²) in [5.41, 5.74) is 1.13. The van der Waals surface area contributed by atoms with Crippen molar-refractivity contribution in [1.82, 2.24) is 34.4 Å². The second kappa shape index (κ2) is 6.82. The highest BCUT2D eigenvalue weighted by atomic mass is 16.5. The lowest BCUT2D eigenvalue weighted by Crippen LogP contribution is -2.44. The van der Waals surface area contributed by atoms with Crippen LogP contribution in [0.15, 0.2) is 30.3 Å². The lowest BCUT2D eigenvalue weighted by molar-refractivity contribution is 0.0595. The van der Waals surface area contributed by atoms with Crippen LogP contribution in [0, 0.1) is 6.92 Å². The minimum Gasteiger partial charge on any atom is -0.467 e. The van der Waals surface area contributed by atoms with Gasteiger partial charge in [-0.05, 0) is 12.5 Å². The molecule has 0 radical (unpaired) electrons. The molecule has 0 saturated carbocycles. The fourth-order valence-corrected chi connectivity index (χ4v) is 3.43. The van der Waals surface area contributed by atoms with Gasteiger partial charge < -0.3 is 9.64 Å². The van der Waals surface area contributed by atoms with Crippen molar-refractivity contribution in [2.24, 2.45) is 7.05 Å². The topological polar surface area (TPSA) is 91.0 Å². The standard InChI is InChI=1S/C18H21N7O2/c1-12-19-16-14(11-13-7-5-4-6-8-13)24(9-10-25(16)21-12)17(26)15-20-18(27-3)23(2)22-15/h4-8,14H,9-11H2,1-3H3/t14-/m0/s1. The Morgan fingerprint density at radius 2 is 1.96 bits per heavy atom. The van der Waals surface area contributed by atoms with Crippen molar-refractivity contribution < 1.29 is 9.53 Å². The van der Waals surface area contributed by atoms with Gasteiger partial charge >= 0.3 is 6.01 Å². The molecule has 9 heteroatoms. The number of methoxy groups -OCH3 is 1. The predicted octanol–water partition coefficient (Wildman–Crippen LogP) is 1.16. The van der Waals surface area contributed by atoms with E-state index in [0.29, 0.717) is 31.3 Å². The van der Waals surface area contributed by atoms with Gasteiger partial charge in [0.15, 0.2) is 0 Å². The molecule has 0 bridgehead atoms. The first-order valence-electron chi connectivity index (χ1n) is 8.78. The summed E-state index contributed by atoms with van der Waals surface area (Å²) >= 11 is 0. The van der Waals surface area contributed by atoms with Crippen LogP contribution in [0.1, 0.15) is 33.9 Å². The molecule has 0 N–H and O–H groups in total. The zero-order chi connectivity index (χ0) is 19.0. The van der Waals surface area contributed by atoms with Crippen LogP contribution in [0.3, 0.4) is 0 Å². The number of carbonyl (C=O) groups excluding carboxylic acids is 1.